The number of hydrogen-bond donors (Lipinski definition) is 2. The summed E-state index contributed by atoms with van der Waals surface area (Å²) in [5, 5.41) is 7.52. The predicted octanol–water partition coefficient (Wildman–Crippen LogP) is 13.8. The van der Waals surface area contributed by atoms with E-state index in [1.54, 1.807) is 0 Å². The van der Waals surface area contributed by atoms with Crippen LogP contribution in [0.5, 0.6) is 0 Å². The van der Waals surface area contributed by atoms with E-state index in [9.17, 15) is 0 Å². The second-order valence-corrected chi connectivity index (χ2v) is 15.2. The first kappa shape index (κ1) is 35.9. The highest BCUT2D eigenvalue weighted by atomic mass is 15.3. The molecule has 0 saturated heterocycles. The van der Waals surface area contributed by atoms with E-state index in [0.717, 1.165) is 45.6 Å². The van der Waals surface area contributed by atoms with Gasteiger partial charge in [-0.25, -0.2) is 0 Å². The summed E-state index contributed by atoms with van der Waals surface area (Å²) in [4.78, 5) is 7.72. The molecule has 0 saturated carbocycles. The van der Waals surface area contributed by atoms with Crippen molar-refractivity contribution in [3.8, 4) is 44.5 Å². The van der Waals surface area contributed by atoms with Gasteiger partial charge in [-0.2, -0.15) is 0 Å². The molecular weight excluding hydrogens is 717 g/mol. The Labute approximate surface area is 346 Å². The van der Waals surface area contributed by atoms with Crippen LogP contribution in [-0.4, -0.2) is 11.9 Å². The van der Waals surface area contributed by atoms with Gasteiger partial charge in [-0.3, -0.25) is 4.99 Å². The van der Waals surface area contributed by atoms with E-state index < -0.39 is 0 Å². The van der Waals surface area contributed by atoms with Gasteiger partial charge in [0.15, 0.2) is 0 Å². The Bertz CT molecular complexity index is 2820. The fourth-order valence-corrected chi connectivity index (χ4v) is 8.48. The van der Waals surface area contributed by atoms with Gasteiger partial charge in [-0.15, -0.1) is 0 Å². The smallest absolute Gasteiger partial charge is 0.145 e. The summed E-state index contributed by atoms with van der Waals surface area (Å²) in [6, 6.07) is 73.8. The van der Waals surface area contributed by atoms with Crippen LogP contribution in [0.25, 0.3) is 50.2 Å². The Balaban J connectivity index is 0.926. The van der Waals surface area contributed by atoms with Gasteiger partial charge in [0.2, 0.25) is 0 Å². The number of hydrogen-bond acceptors (Lipinski definition) is 4. The van der Waals surface area contributed by atoms with Gasteiger partial charge in [0.05, 0.1) is 17.1 Å². The number of allylic oxidation sites excluding steroid dienone is 1. The zero-order valence-corrected chi connectivity index (χ0v) is 33.0. The monoisotopic (exact) mass is 760 g/mol. The topological polar surface area (TPSA) is 39.7 Å². The highest BCUT2D eigenvalue weighted by Gasteiger charge is 2.28. The number of fused-ring (bicyclic) bond motifs is 1. The predicted molar refractivity (Wildman–Crippen MR) is 248 cm³/mol. The van der Waals surface area contributed by atoms with E-state index >= 15 is 0 Å². The minimum absolute atomic E-state index is 0.225. The van der Waals surface area contributed by atoms with Crippen molar-refractivity contribution in [2.24, 2.45) is 4.99 Å². The van der Waals surface area contributed by atoms with Crippen molar-refractivity contribution in [3.63, 3.8) is 0 Å². The Morgan fingerprint density at radius 2 is 1.02 bits per heavy atom. The number of nitrogens with one attached hydrogen (secondary N) is 2. The van der Waals surface area contributed by atoms with E-state index in [1.807, 2.05) is 0 Å². The molecule has 2 aliphatic heterocycles. The molecule has 2 aliphatic rings. The van der Waals surface area contributed by atoms with Crippen LogP contribution in [-0.2, 0) is 0 Å². The third kappa shape index (κ3) is 7.22. The SMILES string of the molecule is CCC1Nc2ccccc2N1c1cccc(-c2cccc(-c3ccc(-c4cccc(C5N=C(c6ccccc6)C=C(c6ccccc6-c6ccccc6)N5)c4)cc3)c2)c1. The summed E-state index contributed by atoms with van der Waals surface area (Å²) in [7, 11) is 0. The fraction of sp³-hybridized carbons (Fsp3) is 0.0727. The highest BCUT2D eigenvalue weighted by Crippen LogP contribution is 2.42. The molecular formula is C55H44N4. The third-order valence-electron chi connectivity index (χ3n) is 11.5. The van der Waals surface area contributed by atoms with Crippen molar-refractivity contribution in [2.75, 3.05) is 10.2 Å². The van der Waals surface area contributed by atoms with Crippen molar-refractivity contribution >= 4 is 28.5 Å². The second-order valence-electron chi connectivity index (χ2n) is 15.2. The lowest BCUT2D eigenvalue weighted by molar-refractivity contribution is 0.664. The van der Waals surface area contributed by atoms with Crippen LogP contribution >= 0.6 is 0 Å². The van der Waals surface area contributed by atoms with Gasteiger partial charge < -0.3 is 15.5 Å². The Morgan fingerprint density at radius 1 is 0.458 bits per heavy atom. The minimum atomic E-state index is -0.265. The molecule has 10 rings (SSSR count). The van der Waals surface area contributed by atoms with Crippen LogP contribution in [0.3, 0.4) is 0 Å². The van der Waals surface area contributed by atoms with Crippen molar-refractivity contribution in [2.45, 2.75) is 25.7 Å². The molecule has 8 aromatic carbocycles. The maximum Gasteiger partial charge on any atom is 0.145 e. The van der Waals surface area contributed by atoms with Crippen LogP contribution in [0.2, 0.25) is 0 Å². The van der Waals surface area contributed by atoms with E-state index in [1.165, 1.54) is 50.4 Å². The average Bonchev–Trinajstić information content (AvgIpc) is 3.71. The molecule has 2 unspecified atom stereocenters. The lowest BCUT2D eigenvalue weighted by Gasteiger charge is -2.26. The normalized spacial score (nSPS) is 15.7. The molecule has 0 radical (unpaired) electrons. The molecule has 8 aromatic rings. The molecule has 0 amide bonds. The number of para-hydroxylation sites is 2. The van der Waals surface area contributed by atoms with Gasteiger partial charge >= 0.3 is 0 Å². The van der Waals surface area contributed by atoms with E-state index in [4.69, 9.17) is 4.99 Å². The summed E-state index contributed by atoms with van der Waals surface area (Å²) in [6.07, 6.45) is 3.15. The Kier molecular flexibility index (Phi) is 9.65. The number of benzene rings is 8. The highest BCUT2D eigenvalue weighted by molar-refractivity contribution is 6.13. The molecule has 0 aliphatic carbocycles. The molecule has 2 atom stereocenters. The zero-order chi connectivity index (χ0) is 39.5. The quantitative estimate of drug-likeness (QED) is 0.154. The molecule has 0 bridgehead atoms. The first-order valence-corrected chi connectivity index (χ1v) is 20.5. The lowest BCUT2D eigenvalue weighted by atomic mass is 9.94. The largest absolute Gasteiger partial charge is 0.363 e. The Morgan fingerprint density at radius 3 is 1.75 bits per heavy atom. The van der Waals surface area contributed by atoms with Crippen molar-refractivity contribution in [1.29, 1.82) is 0 Å². The van der Waals surface area contributed by atoms with Gasteiger partial charge in [-0.1, -0.05) is 177 Å². The Hall–Kier alpha value is -7.43. The summed E-state index contributed by atoms with van der Waals surface area (Å²) in [5.41, 5.74) is 18.4. The van der Waals surface area contributed by atoms with Crippen LogP contribution in [0.15, 0.2) is 217 Å². The van der Waals surface area contributed by atoms with Gasteiger partial charge in [0.25, 0.3) is 0 Å². The van der Waals surface area contributed by atoms with Gasteiger partial charge in [0.1, 0.15) is 12.3 Å². The van der Waals surface area contributed by atoms with Crippen molar-refractivity contribution in [1.82, 2.24) is 5.32 Å². The van der Waals surface area contributed by atoms with Crippen molar-refractivity contribution < 1.29 is 0 Å². The van der Waals surface area contributed by atoms with Gasteiger partial charge in [0, 0.05) is 16.9 Å². The first-order valence-electron chi connectivity index (χ1n) is 20.5. The maximum atomic E-state index is 5.29. The summed E-state index contributed by atoms with van der Waals surface area (Å²) in [6.45, 7) is 2.23. The molecule has 2 heterocycles. The summed E-state index contributed by atoms with van der Waals surface area (Å²) < 4.78 is 0. The number of nitrogens with zero attached hydrogens (tertiary/aromatic N) is 2. The molecule has 59 heavy (non-hydrogen) atoms. The maximum absolute atomic E-state index is 5.29. The van der Waals surface area contributed by atoms with Crippen LogP contribution < -0.4 is 15.5 Å². The zero-order valence-electron chi connectivity index (χ0n) is 33.0. The number of aliphatic imine (C=N–C) groups is 1. The van der Waals surface area contributed by atoms with Crippen LogP contribution in [0.1, 0.15) is 36.2 Å². The summed E-state index contributed by atoms with van der Waals surface area (Å²) in [5.74, 6) is 0. The molecule has 4 nitrogen and oxygen atoms in total. The molecule has 0 aromatic heterocycles. The fourth-order valence-electron chi connectivity index (χ4n) is 8.48. The van der Waals surface area contributed by atoms with Crippen LogP contribution in [0.4, 0.5) is 17.1 Å². The molecule has 4 heteroatoms. The number of anilines is 3. The third-order valence-corrected chi connectivity index (χ3v) is 11.5. The number of rotatable bonds is 9. The van der Waals surface area contributed by atoms with Crippen molar-refractivity contribution in [3.05, 3.63) is 229 Å². The molecule has 0 spiro atoms. The summed E-state index contributed by atoms with van der Waals surface area (Å²) >= 11 is 0. The van der Waals surface area contributed by atoms with E-state index in [-0.39, 0.29) is 12.3 Å². The van der Waals surface area contributed by atoms with Crippen LogP contribution in [0, 0.1) is 0 Å². The second kappa shape index (κ2) is 15.8. The molecule has 2 N–H and O–H groups in total. The van der Waals surface area contributed by atoms with E-state index in [2.05, 4.69) is 235 Å². The van der Waals surface area contributed by atoms with E-state index in [0.29, 0.717) is 0 Å². The standard InChI is InChI=1S/C55H44N4/c1-2-54-56-50-28-11-12-29-53(50)59(54)47-25-15-23-45(36-47)44-22-13-20-42(34-44)38-30-32-39(33-31-38)43-21-14-24-46(35-43)55-57-51(41-18-7-4-8-19-41)37-52(58-55)49-27-10-9-26-48(49)40-16-5-3-6-17-40/h3-37,54-56,58H,2H2,1H3. The molecule has 0 fully saturated rings. The first-order chi connectivity index (χ1) is 29.2. The lowest BCUT2D eigenvalue weighted by Crippen LogP contribution is -2.30. The molecule has 284 valence electrons. The minimum Gasteiger partial charge on any atom is -0.363 e. The average molecular weight is 761 g/mol. The van der Waals surface area contributed by atoms with Gasteiger partial charge in [-0.05, 0) is 105 Å².